The second kappa shape index (κ2) is 8.78. The van der Waals surface area contributed by atoms with E-state index in [9.17, 15) is 9.59 Å². The molecule has 0 radical (unpaired) electrons. The van der Waals surface area contributed by atoms with E-state index in [-0.39, 0.29) is 17.6 Å². The molecule has 0 fully saturated rings. The molecule has 9 heteroatoms. The van der Waals surface area contributed by atoms with Gasteiger partial charge in [-0.05, 0) is 55.7 Å². The van der Waals surface area contributed by atoms with Crippen LogP contribution in [0.1, 0.15) is 39.5 Å². The summed E-state index contributed by atoms with van der Waals surface area (Å²) in [7, 11) is 0. The van der Waals surface area contributed by atoms with E-state index in [1.807, 2.05) is 26.0 Å². The third-order valence-electron chi connectivity index (χ3n) is 5.04. The first-order valence-electron chi connectivity index (χ1n) is 9.87. The van der Waals surface area contributed by atoms with Gasteiger partial charge in [0.2, 0.25) is 5.91 Å². The van der Waals surface area contributed by atoms with Gasteiger partial charge in [0.05, 0.1) is 6.26 Å². The largest absolute Gasteiger partial charge is 0.459 e. The number of hydrogen-bond acceptors (Lipinski definition) is 6. The van der Waals surface area contributed by atoms with Crippen molar-refractivity contribution in [3.05, 3.63) is 77.3 Å². The second-order valence-corrected chi connectivity index (χ2v) is 7.14. The molecule has 9 nitrogen and oxygen atoms in total. The molecule has 0 unspecified atom stereocenters. The summed E-state index contributed by atoms with van der Waals surface area (Å²) in [5.41, 5.74) is 4.39. The summed E-state index contributed by atoms with van der Waals surface area (Å²) in [6, 6.07) is 10.5. The molecule has 1 aromatic carbocycles. The summed E-state index contributed by atoms with van der Waals surface area (Å²) in [4.78, 5) is 32.9. The standard InChI is InChI=1S/C22H22N6O3/c1-14-18(15(2)28-22(26-14)24-13-25-28)9-10-20(29)23-12-16-5-7-17(8-6-16)27-21(30)19-4-3-11-31-19/h3-8,11,13H,9-10,12H2,1-2H3,(H,23,29)(H,27,30). The fourth-order valence-corrected chi connectivity index (χ4v) is 3.35. The first-order valence-corrected chi connectivity index (χ1v) is 9.87. The van der Waals surface area contributed by atoms with Crippen LogP contribution in [0.4, 0.5) is 5.69 Å². The van der Waals surface area contributed by atoms with E-state index < -0.39 is 0 Å². The minimum Gasteiger partial charge on any atom is -0.459 e. The zero-order valence-corrected chi connectivity index (χ0v) is 17.3. The summed E-state index contributed by atoms with van der Waals surface area (Å²) < 4.78 is 6.76. The quantitative estimate of drug-likeness (QED) is 0.477. The number of anilines is 1. The second-order valence-electron chi connectivity index (χ2n) is 7.14. The lowest BCUT2D eigenvalue weighted by Crippen LogP contribution is -2.23. The number of furan rings is 1. The highest BCUT2D eigenvalue weighted by atomic mass is 16.3. The topological polar surface area (TPSA) is 114 Å². The maximum Gasteiger partial charge on any atom is 0.291 e. The van der Waals surface area contributed by atoms with Gasteiger partial charge >= 0.3 is 0 Å². The summed E-state index contributed by atoms with van der Waals surface area (Å²) in [5, 5.41) is 9.86. The van der Waals surface area contributed by atoms with Crippen LogP contribution in [-0.4, -0.2) is 31.4 Å². The fourth-order valence-electron chi connectivity index (χ4n) is 3.35. The van der Waals surface area contributed by atoms with Crippen LogP contribution in [0.5, 0.6) is 0 Å². The predicted octanol–water partition coefficient (Wildman–Crippen LogP) is 2.84. The molecule has 0 spiro atoms. The Bertz CT molecular complexity index is 1210. The molecular formula is C22H22N6O3. The molecule has 2 amide bonds. The van der Waals surface area contributed by atoms with Gasteiger partial charge in [0.15, 0.2) is 5.76 Å². The molecule has 0 saturated carbocycles. The highest BCUT2D eigenvalue weighted by molar-refractivity contribution is 6.02. The molecule has 158 valence electrons. The van der Waals surface area contributed by atoms with Gasteiger partial charge in [-0.15, -0.1) is 0 Å². The van der Waals surface area contributed by atoms with Crippen molar-refractivity contribution in [2.24, 2.45) is 0 Å². The van der Waals surface area contributed by atoms with Gasteiger partial charge in [-0.1, -0.05) is 12.1 Å². The molecule has 31 heavy (non-hydrogen) atoms. The van der Waals surface area contributed by atoms with Crippen molar-refractivity contribution in [3.63, 3.8) is 0 Å². The van der Waals surface area contributed by atoms with Crippen LogP contribution < -0.4 is 10.6 Å². The van der Waals surface area contributed by atoms with Crippen LogP contribution in [0.2, 0.25) is 0 Å². The van der Waals surface area contributed by atoms with Gasteiger partial charge in [0.1, 0.15) is 6.33 Å². The Balaban J connectivity index is 1.28. The van der Waals surface area contributed by atoms with Crippen LogP contribution in [0, 0.1) is 13.8 Å². The van der Waals surface area contributed by atoms with Gasteiger partial charge in [-0.3, -0.25) is 9.59 Å². The first kappa shape index (κ1) is 20.3. The molecule has 0 atom stereocenters. The highest BCUT2D eigenvalue weighted by Crippen LogP contribution is 2.15. The molecular weight excluding hydrogens is 396 g/mol. The predicted molar refractivity (Wildman–Crippen MR) is 114 cm³/mol. The van der Waals surface area contributed by atoms with Crippen LogP contribution in [-0.2, 0) is 17.8 Å². The van der Waals surface area contributed by atoms with Crippen molar-refractivity contribution in [2.75, 3.05) is 5.32 Å². The molecule has 2 N–H and O–H groups in total. The number of fused-ring (bicyclic) bond motifs is 1. The number of carbonyl (C=O) groups excluding carboxylic acids is 2. The Morgan fingerprint density at radius 3 is 2.68 bits per heavy atom. The number of amides is 2. The van der Waals surface area contributed by atoms with E-state index in [4.69, 9.17) is 4.42 Å². The molecule has 0 aliphatic carbocycles. The Kier molecular flexibility index (Phi) is 5.74. The zero-order valence-electron chi connectivity index (χ0n) is 17.3. The third-order valence-corrected chi connectivity index (χ3v) is 5.04. The third kappa shape index (κ3) is 4.61. The van der Waals surface area contributed by atoms with Crippen LogP contribution >= 0.6 is 0 Å². The number of carbonyl (C=O) groups is 2. The molecule has 3 aromatic heterocycles. The normalized spacial score (nSPS) is 10.9. The molecule has 4 aromatic rings. The van der Waals surface area contributed by atoms with E-state index >= 15 is 0 Å². The van der Waals surface area contributed by atoms with Crippen molar-refractivity contribution in [1.82, 2.24) is 24.9 Å². The van der Waals surface area contributed by atoms with Crippen LogP contribution in [0.15, 0.2) is 53.4 Å². The summed E-state index contributed by atoms with van der Waals surface area (Å²) in [5.74, 6) is 0.454. The van der Waals surface area contributed by atoms with E-state index in [2.05, 4.69) is 25.7 Å². The number of nitrogens with zero attached hydrogens (tertiary/aromatic N) is 4. The Morgan fingerprint density at radius 2 is 1.94 bits per heavy atom. The van der Waals surface area contributed by atoms with E-state index in [0.717, 1.165) is 22.5 Å². The molecule has 0 saturated heterocycles. The molecule has 0 aliphatic rings. The Labute approximate surface area is 178 Å². The maximum atomic E-state index is 12.3. The van der Waals surface area contributed by atoms with Crippen LogP contribution in [0.25, 0.3) is 5.78 Å². The van der Waals surface area contributed by atoms with Gasteiger partial charge < -0.3 is 15.1 Å². The maximum absolute atomic E-state index is 12.3. The number of hydrogen-bond donors (Lipinski definition) is 2. The number of benzene rings is 1. The van der Waals surface area contributed by atoms with Gasteiger partial charge in [0.25, 0.3) is 11.7 Å². The number of aryl methyl sites for hydroxylation is 2. The lowest BCUT2D eigenvalue weighted by atomic mass is 10.1. The van der Waals surface area contributed by atoms with Gasteiger partial charge in [-0.2, -0.15) is 10.1 Å². The van der Waals surface area contributed by atoms with Crippen molar-refractivity contribution < 1.29 is 14.0 Å². The average molecular weight is 418 g/mol. The smallest absolute Gasteiger partial charge is 0.291 e. The monoisotopic (exact) mass is 418 g/mol. The lowest BCUT2D eigenvalue weighted by molar-refractivity contribution is -0.121. The van der Waals surface area contributed by atoms with Crippen molar-refractivity contribution >= 4 is 23.3 Å². The zero-order chi connectivity index (χ0) is 21.8. The number of nitrogens with one attached hydrogen (secondary N) is 2. The fraction of sp³-hybridized carbons (Fsp3) is 0.227. The minimum atomic E-state index is -0.310. The van der Waals surface area contributed by atoms with Gasteiger partial charge in [0, 0.05) is 30.0 Å². The van der Waals surface area contributed by atoms with Crippen molar-refractivity contribution in [3.8, 4) is 0 Å². The first-order chi connectivity index (χ1) is 15.0. The number of aromatic nitrogens is 4. The average Bonchev–Trinajstić information content (AvgIpc) is 3.45. The highest BCUT2D eigenvalue weighted by Gasteiger charge is 2.13. The van der Waals surface area contributed by atoms with Crippen molar-refractivity contribution in [1.29, 1.82) is 0 Å². The van der Waals surface area contributed by atoms with E-state index in [0.29, 0.717) is 30.9 Å². The Hall–Kier alpha value is -4.01. The Morgan fingerprint density at radius 1 is 1.13 bits per heavy atom. The summed E-state index contributed by atoms with van der Waals surface area (Å²) in [6.45, 7) is 4.28. The molecule has 4 rings (SSSR count). The number of rotatable bonds is 7. The molecule has 0 aliphatic heterocycles. The minimum absolute atomic E-state index is 0.0484. The van der Waals surface area contributed by atoms with E-state index in [1.54, 1.807) is 28.8 Å². The summed E-state index contributed by atoms with van der Waals surface area (Å²) in [6.07, 6.45) is 3.84. The summed E-state index contributed by atoms with van der Waals surface area (Å²) >= 11 is 0. The SMILES string of the molecule is Cc1nc2ncnn2c(C)c1CCC(=O)NCc1ccc(NC(=O)c2ccco2)cc1. The molecule has 3 heterocycles. The van der Waals surface area contributed by atoms with Crippen LogP contribution in [0.3, 0.4) is 0 Å². The van der Waals surface area contributed by atoms with E-state index in [1.165, 1.54) is 12.6 Å². The lowest BCUT2D eigenvalue weighted by Gasteiger charge is -2.11. The van der Waals surface area contributed by atoms with Gasteiger partial charge in [-0.25, -0.2) is 9.50 Å². The van der Waals surface area contributed by atoms with Crippen molar-refractivity contribution in [2.45, 2.75) is 33.2 Å². The molecule has 0 bridgehead atoms.